The Balaban J connectivity index is 1.53. The summed E-state index contributed by atoms with van der Waals surface area (Å²) in [5.41, 5.74) is 5.08. The van der Waals surface area contributed by atoms with Gasteiger partial charge in [0.05, 0.1) is 31.4 Å². The number of H-pyrrole nitrogens is 1. The van der Waals surface area contributed by atoms with Gasteiger partial charge in [0.25, 0.3) is 0 Å². The molecule has 0 radical (unpaired) electrons. The van der Waals surface area contributed by atoms with Crippen molar-refractivity contribution in [1.82, 2.24) is 14.8 Å². The molecular formula is C28H24FN3O4. The topological polar surface area (TPSA) is 81.5 Å². The standard InChI is InChI=1S/C28H24FN3O4/c1-34-22-13-7-17(8-14-22)24-23-25(31-30-24)27(33)32(26(23)18-3-9-20(29)10-4-18)21-11-5-19(6-12-21)28-35-15-2-16-36-28/h3-14,28,31,33H,2,15-16H2,1H3. The summed E-state index contributed by atoms with van der Waals surface area (Å²) in [6.07, 6.45) is 0.479. The SMILES string of the molecule is COc1ccc(-c2n[nH]c3c(O)n(-c4ccc(C5OCCCO5)cc4)c(-c4ccc(F)cc4)c23)cc1. The van der Waals surface area contributed by atoms with Crippen molar-refractivity contribution in [3.63, 3.8) is 0 Å². The number of aromatic amines is 1. The van der Waals surface area contributed by atoms with Crippen LogP contribution in [0.2, 0.25) is 0 Å². The minimum atomic E-state index is -0.400. The average Bonchev–Trinajstić information content (AvgIpc) is 3.49. The molecule has 182 valence electrons. The van der Waals surface area contributed by atoms with Gasteiger partial charge in [-0.3, -0.25) is 9.67 Å². The molecule has 3 aromatic carbocycles. The van der Waals surface area contributed by atoms with Crippen LogP contribution >= 0.6 is 0 Å². The van der Waals surface area contributed by atoms with E-state index in [9.17, 15) is 9.50 Å². The lowest BCUT2D eigenvalue weighted by Gasteiger charge is -2.23. The van der Waals surface area contributed by atoms with Gasteiger partial charge in [-0.15, -0.1) is 0 Å². The number of fused-ring (bicyclic) bond motifs is 1. The first kappa shape index (κ1) is 22.3. The highest BCUT2D eigenvalue weighted by atomic mass is 19.1. The van der Waals surface area contributed by atoms with Crippen molar-refractivity contribution in [3.05, 3.63) is 84.2 Å². The smallest absolute Gasteiger partial charge is 0.222 e. The predicted octanol–water partition coefficient (Wildman–Crippen LogP) is 5.98. The van der Waals surface area contributed by atoms with E-state index in [0.29, 0.717) is 30.1 Å². The molecule has 0 aliphatic carbocycles. The zero-order chi connectivity index (χ0) is 24.6. The molecule has 1 fully saturated rings. The van der Waals surface area contributed by atoms with E-state index in [0.717, 1.165) is 39.9 Å². The quantitative estimate of drug-likeness (QED) is 0.320. The van der Waals surface area contributed by atoms with E-state index in [-0.39, 0.29) is 11.7 Å². The lowest BCUT2D eigenvalue weighted by atomic mass is 10.0. The van der Waals surface area contributed by atoms with E-state index in [1.54, 1.807) is 23.8 Å². The van der Waals surface area contributed by atoms with E-state index in [1.807, 2.05) is 48.5 Å². The summed E-state index contributed by atoms with van der Waals surface area (Å²) >= 11 is 0. The third-order valence-corrected chi connectivity index (χ3v) is 6.39. The van der Waals surface area contributed by atoms with Gasteiger partial charge >= 0.3 is 0 Å². The van der Waals surface area contributed by atoms with Crippen LogP contribution in [0.3, 0.4) is 0 Å². The molecule has 7 nitrogen and oxygen atoms in total. The summed E-state index contributed by atoms with van der Waals surface area (Å²) in [4.78, 5) is 0. The highest BCUT2D eigenvalue weighted by Gasteiger charge is 2.25. The predicted molar refractivity (Wildman–Crippen MR) is 134 cm³/mol. The van der Waals surface area contributed by atoms with Gasteiger partial charge in [-0.25, -0.2) is 4.39 Å². The molecule has 0 atom stereocenters. The van der Waals surface area contributed by atoms with E-state index in [4.69, 9.17) is 14.2 Å². The molecule has 8 heteroatoms. The number of hydrogen-bond donors (Lipinski definition) is 2. The summed E-state index contributed by atoms with van der Waals surface area (Å²) in [7, 11) is 1.62. The Morgan fingerprint density at radius 1 is 0.944 bits per heavy atom. The molecule has 0 saturated carbocycles. The van der Waals surface area contributed by atoms with Crippen molar-refractivity contribution in [2.75, 3.05) is 20.3 Å². The van der Waals surface area contributed by atoms with Gasteiger partial charge in [0.15, 0.2) is 6.29 Å². The Morgan fingerprint density at radius 2 is 1.61 bits per heavy atom. The van der Waals surface area contributed by atoms with Crippen LogP contribution in [0.4, 0.5) is 4.39 Å². The number of halogens is 1. The number of nitrogens with zero attached hydrogens (tertiary/aromatic N) is 2. The first-order valence-corrected chi connectivity index (χ1v) is 11.7. The zero-order valence-corrected chi connectivity index (χ0v) is 19.6. The molecule has 2 aromatic heterocycles. The summed E-state index contributed by atoms with van der Waals surface area (Å²) < 4.78 is 32.3. The van der Waals surface area contributed by atoms with Crippen LogP contribution < -0.4 is 4.74 Å². The van der Waals surface area contributed by atoms with Crippen LogP contribution in [-0.2, 0) is 9.47 Å². The molecule has 6 rings (SSSR count). The molecule has 3 heterocycles. The Kier molecular flexibility index (Phi) is 5.67. The maximum atomic E-state index is 13.8. The molecule has 5 aromatic rings. The van der Waals surface area contributed by atoms with Gasteiger partial charge in [-0.1, -0.05) is 12.1 Å². The van der Waals surface area contributed by atoms with Crippen molar-refractivity contribution in [3.8, 4) is 39.8 Å². The molecule has 2 N–H and O–H groups in total. The van der Waals surface area contributed by atoms with Crippen LogP contribution in [0.1, 0.15) is 18.3 Å². The van der Waals surface area contributed by atoms with Crippen LogP contribution in [0.5, 0.6) is 11.6 Å². The van der Waals surface area contributed by atoms with Crippen molar-refractivity contribution in [1.29, 1.82) is 0 Å². The van der Waals surface area contributed by atoms with Gasteiger partial charge in [0, 0.05) is 16.8 Å². The van der Waals surface area contributed by atoms with Gasteiger partial charge in [0.2, 0.25) is 5.88 Å². The van der Waals surface area contributed by atoms with E-state index in [1.165, 1.54) is 12.1 Å². The van der Waals surface area contributed by atoms with Gasteiger partial charge in [0.1, 0.15) is 22.8 Å². The number of benzene rings is 3. The van der Waals surface area contributed by atoms with Crippen molar-refractivity contribution < 1.29 is 23.7 Å². The number of rotatable bonds is 5. The average molecular weight is 486 g/mol. The van der Waals surface area contributed by atoms with Gasteiger partial charge in [-0.2, -0.15) is 5.10 Å². The Labute approximate surface area is 206 Å². The minimum absolute atomic E-state index is 0.00880. The number of aromatic hydroxyl groups is 1. The van der Waals surface area contributed by atoms with Crippen LogP contribution in [0, 0.1) is 5.82 Å². The van der Waals surface area contributed by atoms with Crippen LogP contribution in [0.25, 0.3) is 39.1 Å². The second-order valence-electron chi connectivity index (χ2n) is 8.58. The number of hydrogen-bond acceptors (Lipinski definition) is 5. The minimum Gasteiger partial charge on any atom is -0.497 e. The molecule has 0 unspecified atom stereocenters. The first-order valence-electron chi connectivity index (χ1n) is 11.7. The highest BCUT2D eigenvalue weighted by molar-refractivity contribution is 6.07. The number of aromatic nitrogens is 3. The highest BCUT2D eigenvalue weighted by Crippen LogP contribution is 2.44. The Bertz CT molecular complexity index is 1500. The van der Waals surface area contributed by atoms with E-state index >= 15 is 0 Å². The van der Waals surface area contributed by atoms with Gasteiger partial charge in [-0.05, 0) is 72.6 Å². The van der Waals surface area contributed by atoms with Crippen molar-refractivity contribution >= 4 is 10.9 Å². The maximum absolute atomic E-state index is 13.8. The van der Waals surface area contributed by atoms with Crippen molar-refractivity contribution in [2.24, 2.45) is 0 Å². The normalized spacial score (nSPS) is 14.4. The third kappa shape index (κ3) is 3.80. The second-order valence-corrected chi connectivity index (χ2v) is 8.58. The fourth-order valence-electron chi connectivity index (χ4n) is 4.61. The van der Waals surface area contributed by atoms with E-state index < -0.39 is 6.29 Å². The van der Waals surface area contributed by atoms with Crippen LogP contribution in [-0.4, -0.2) is 40.2 Å². The lowest BCUT2D eigenvalue weighted by molar-refractivity contribution is -0.183. The van der Waals surface area contributed by atoms with Crippen molar-refractivity contribution in [2.45, 2.75) is 12.7 Å². The monoisotopic (exact) mass is 485 g/mol. The summed E-state index contributed by atoms with van der Waals surface area (Å²) in [6, 6.07) is 21.4. The largest absolute Gasteiger partial charge is 0.497 e. The summed E-state index contributed by atoms with van der Waals surface area (Å²) in [6.45, 7) is 1.32. The molecule has 0 amide bonds. The zero-order valence-electron chi connectivity index (χ0n) is 19.6. The molecule has 0 spiro atoms. The summed E-state index contributed by atoms with van der Waals surface area (Å²) in [5.74, 6) is 0.405. The molecule has 0 bridgehead atoms. The third-order valence-electron chi connectivity index (χ3n) is 6.39. The van der Waals surface area contributed by atoms with E-state index in [2.05, 4.69) is 10.2 Å². The fraction of sp³-hybridized carbons (Fsp3) is 0.179. The second kappa shape index (κ2) is 9.14. The van der Waals surface area contributed by atoms with Gasteiger partial charge < -0.3 is 19.3 Å². The number of methoxy groups -OCH3 is 1. The molecule has 36 heavy (non-hydrogen) atoms. The lowest BCUT2D eigenvalue weighted by Crippen LogP contribution is -2.17. The first-order chi connectivity index (χ1) is 17.6. The maximum Gasteiger partial charge on any atom is 0.222 e. The Hall–Kier alpha value is -4.14. The van der Waals surface area contributed by atoms with Crippen LogP contribution in [0.15, 0.2) is 72.8 Å². The fourth-order valence-corrected chi connectivity index (χ4v) is 4.61. The molecule has 1 aliphatic rings. The molecular weight excluding hydrogens is 461 g/mol. The number of nitrogens with one attached hydrogen (secondary N) is 1. The summed E-state index contributed by atoms with van der Waals surface area (Å²) in [5, 5.41) is 19.6. The number of ether oxygens (including phenoxy) is 3. The molecule has 1 saturated heterocycles. The molecule has 1 aliphatic heterocycles. The Morgan fingerprint density at radius 3 is 2.28 bits per heavy atom.